The van der Waals surface area contributed by atoms with Crippen LogP contribution in [0, 0.1) is 6.92 Å². The van der Waals surface area contributed by atoms with Crippen molar-refractivity contribution in [2.75, 3.05) is 5.73 Å². The summed E-state index contributed by atoms with van der Waals surface area (Å²) in [5, 5.41) is 0. The lowest BCUT2D eigenvalue weighted by molar-refractivity contribution is 0.968. The van der Waals surface area contributed by atoms with Gasteiger partial charge in [-0.3, -0.25) is 0 Å². The molecule has 0 bridgehead atoms. The third-order valence-corrected chi connectivity index (χ3v) is 4.40. The van der Waals surface area contributed by atoms with Crippen LogP contribution in [0.4, 0.5) is 5.69 Å². The van der Waals surface area contributed by atoms with Crippen molar-refractivity contribution in [2.45, 2.75) is 26.2 Å². The molecule has 1 heteroatoms. The van der Waals surface area contributed by atoms with Crippen molar-refractivity contribution in [2.24, 2.45) is 0 Å². The zero-order chi connectivity index (χ0) is 16.2. The standard InChI is InChI=1S/C22H23N/c1-3-17-14-16(2)15-20(22(17)23)21(18-10-6-4-7-11-18)19-12-8-5-9-13-19/h4-15,21H,3,23H2,1-2H3. The normalized spacial score (nSPS) is 10.9. The van der Waals surface area contributed by atoms with Crippen LogP contribution >= 0.6 is 0 Å². The first kappa shape index (κ1) is 15.4. The van der Waals surface area contributed by atoms with Gasteiger partial charge in [-0.05, 0) is 35.6 Å². The highest BCUT2D eigenvalue weighted by Crippen LogP contribution is 2.37. The fraction of sp³-hybridized carbons (Fsp3) is 0.182. The number of hydrogen-bond donors (Lipinski definition) is 1. The summed E-state index contributed by atoms with van der Waals surface area (Å²) in [7, 11) is 0. The summed E-state index contributed by atoms with van der Waals surface area (Å²) >= 11 is 0. The molecule has 0 saturated heterocycles. The van der Waals surface area contributed by atoms with E-state index in [-0.39, 0.29) is 5.92 Å². The van der Waals surface area contributed by atoms with Crippen LogP contribution in [0.2, 0.25) is 0 Å². The van der Waals surface area contributed by atoms with Gasteiger partial charge in [0.2, 0.25) is 0 Å². The number of aryl methyl sites for hydroxylation is 2. The molecule has 0 aliphatic heterocycles. The van der Waals surface area contributed by atoms with Crippen LogP contribution in [0.1, 0.15) is 40.7 Å². The molecule has 3 aromatic carbocycles. The van der Waals surface area contributed by atoms with Crippen molar-refractivity contribution in [3.05, 3.63) is 101 Å². The van der Waals surface area contributed by atoms with E-state index in [0.29, 0.717) is 0 Å². The van der Waals surface area contributed by atoms with E-state index in [9.17, 15) is 0 Å². The summed E-state index contributed by atoms with van der Waals surface area (Å²) in [6, 6.07) is 25.7. The molecule has 116 valence electrons. The molecule has 0 amide bonds. The first-order chi connectivity index (χ1) is 11.2. The van der Waals surface area contributed by atoms with E-state index < -0.39 is 0 Å². The molecule has 1 nitrogen and oxygen atoms in total. The second-order valence-electron chi connectivity index (χ2n) is 6.03. The molecule has 0 saturated carbocycles. The minimum absolute atomic E-state index is 0.169. The number of nitrogen functional groups attached to an aromatic ring is 1. The SMILES string of the molecule is CCc1cc(C)cc(C(c2ccccc2)c2ccccc2)c1N. The highest BCUT2D eigenvalue weighted by molar-refractivity contribution is 5.61. The van der Waals surface area contributed by atoms with Crippen molar-refractivity contribution in [1.82, 2.24) is 0 Å². The molecule has 2 N–H and O–H groups in total. The van der Waals surface area contributed by atoms with Gasteiger partial charge >= 0.3 is 0 Å². The van der Waals surface area contributed by atoms with Crippen molar-refractivity contribution in [1.29, 1.82) is 0 Å². The minimum atomic E-state index is 0.169. The molecule has 0 fully saturated rings. The van der Waals surface area contributed by atoms with Crippen LogP contribution in [0.5, 0.6) is 0 Å². The van der Waals surface area contributed by atoms with Crippen LogP contribution in [-0.2, 0) is 6.42 Å². The van der Waals surface area contributed by atoms with Crippen molar-refractivity contribution < 1.29 is 0 Å². The Morgan fingerprint density at radius 2 is 1.35 bits per heavy atom. The number of anilines is 1. The van der Waals surface area contributed by atoms with E-state index in [1.165, 1.54) is 27.8 Å². The van der Waals surface area contributed by atoms with Gasteiger partial charge in [-0.1, -0.05) is 85.3 Å². The molecule has 0 unspecified atom stereocenters. The first-order valence-corrected chi connectivity index (χ1v) is 8.19. The second-order valence-corrected chi connectivity index (χ2v) is 6.03. The summed E-state index contributed by atoms with van der Waals surface area (Å²) in [6.07, 6.45) is 0.955. The highest BCUT2D eigenvalue weighted by atomic mass is 14.6. The first-order valence-electron chi connectivity index (χ1n) is 8.19. The Labute approximate surface area is 138 Å². The molecular weight excluding hydrogens is 278 g/mol. The molecule has 23 heavy (non-hydrogen) atoms. The summed E-state index contributed by atoms with van der Waals surface area (Å²) in [6.45, 7) is 4.31. The summed E-state index contributed by atoms with van der Waals surface area (Å²) in [5.41, 5.74) is 13.7. The van der Waals surface area contributed by atoms with Crippen LogP contribution in [0.25, 0.3) is 0 Å². The molecule has 0 radical (unpaired) electrons. The van der Waals surface area contributed by atoms with Crippen molar-refractivity contribution in [3.8, 4) is 0 Å². The molecular formula is C22H23N. The third kappa shape index (κ3) is 3.14. The van der Waals surface area contributed by atoms with E-state index in [4.69, 9.17) is 5.73 Å². The van der Waals surface area contributed by atoms with Gasteiger partial charge in [0.1, 0.15) is 0 Å². The van der Waals surface area contributed by atoms with Gasteiger partial charge in [-0.25, -0.2) is 0 Å². The monoisotopic (exact) mass is 301 g/mol. The number of hydrogen-bond acceptors (Lipinski definition) is 1. The number of rotatable bonds is 4. The average Bonchev–Trinajstić information content (AvgIpc) is 2.60. The maximum absolute atomic E-state index is 6.54. The van der Waals surface area contributed by atoms with Gasteiger partial charge in [-0.2, -0.15) is 0 Å². The maximum Gasteiger partial charge on any atom is 0.0388 e. The van der Waals surface area contributed by atoms with Crippen molar-refractivity contribution in [3.63, 3.8) is 0 Å². The van der Waals surface area contributed by atoms with Gasteiger partial charge in [0.25, 0.3) is 0 Å². The van der Waals surface area contributed by atoms with Gasteiger partial charge in [0.05, 0.1) is 0 Å². The van der Waals surface area contributed by atoms with E-state index in [1.54, 1.807) is 0 Å². The van der Waals surface area contributed by atoms with Crippen LogP contribution in [0.3, 0.4) is 0 Å². The van der Waals surface area contributed by atoms with Crippen LogP contribution in [-0.4, -0.2) is 0 Å². The topological polar surface area (TPSA) is 26.0 Å². The Hall–Kier alpha value is -2.54. The summed E-state index contributed by atoms with van der Waals surface area (Å²) in [4.78, 5) is 0. The van der Waals surface area contributed by atoms with Crippen LogP contribution < -0.4 is 5.73 Å². The Balaban J connectivity index is 2.23. The smallest absolute Gasteiger partial charge is 0.0388 e. The van der Waals surface area contributed by atoms with E-state index in [0.717, 1.165) is 12.1 Å². The van der Waals surface area contributed by atoms with Gasteiger partial charge in [0.15, 0.2) is 0 Å². The van der Waals surface area contributed by atoms with Crippen molar-refractivity contribution >= 4 is 5.69 Å². The zero-order valence-electron chi connectivity index (χ0n) is 13.8. The Bertz CT molecular complexity index is 736. The quantitative estimate of drug-likeness (QED) is 0.512. The molecule has 3 rings (SSSR count). The number of benzene rings is 3. The lowest BCUT2D eigenvalue weighted by Crippen LogP contribution is -2.09. The summed E-state index contributed by atoms with van der Waals surface area (Å²) in [5.74, 6) is 0.169. The lowest BCUT2D eigenvalue weighted by Gasteiger charge is -2.22. The molecule has 0 heterocycles. The summed E-state index contributed by atoms with van der Waals surface area (Å²) < 4.78 is 0. The maximum atomic E-state index is 6.54. The van der Waals surface area contributed by atoms with Gasteiger partial charge < -0.3 is 5.73 Å². The molecule has 0 spiro atoms. The Morgan fingerprint density at radius 3 is 1.83 bits per heavy atom. The molecule has 3 aromatic rings. The fourth-order valence-electron chi connectivity index (χ4n) is 3.28. The van der Waals surface area contributed by atoms with E-state index in [2.05, 4.69) is 86.6 Å². The average molecular weight is 301 g/mol. The zero-order valence-corrected chi connectivity index (χ0v) is 13.8. The fourth-order valence-corrected chi connectivity index (χ4v) is 3.28. The molecule has 0 aromatic heterocycles. The lowest BCUT2D eigenvalue weighted by atomic mass is 9.82. The van der Waals surface area contributed by atoms with Gasteiger partial charge in [0, 0.05) is 11.6 Å². The predicted octanol–water partition coefficient (Wildman–Crippen LogP) is 5.32. The van der Waals surface area contributed by atoms with Crippen LogP contribution in [0.15, 0.2) is 72.8 Å². The molecule has 0 aliphatic rings. The molecule has 0 aliphatic carbocycles. The highest BCUT2D eigenvalue weighted by Gasteiger charge is 2.20. The van der Waals surface area contributed by atoms with Gasteiger partial charge in [-0.15, -0.1) is 0 Å². The minimum Gasteiger partial charge on any atom is -0.398 e. The molecule has 0 atom stereocenters. The largest absolute Gasteiger partial charge is 0.398 e. The second kappa shape index (κ2) is 6.70. The predicted molar refractivity (Wildman–Crippen MR) is 98.8 cm³/mol. The third-order valence-electron chi connectivity index (χ3n) is 4.40. The Kier molecular flexibility index (Phi) is 4.47. The van der Waals surface area contributed by atoms with E-state index >= 15 is 0 Å². The Morgan fingerprint density at radius 1 is 0.826 bits per heavy atom. The number of nitrogens with two attached hydrogens (primary N) is 1. The van der Waals surface area contributed by atoms with E-state index in [1.807, 2.05) is 0 Å².